The molecular weight excluding hydrogens is 162 g/mol. The van der Waals surface area contributed by atoms with Crippen LogP contribution >= 0.6 is 11.6 Å². The van der Waals surface area contributed by atoms with Crippen LogP contribution < -0.4 is 5.32 Å². The van der Waals surface area contributed by atoms with Crippen LogP contribution in [0, 0.1) is 0 Å². The molecule has 0 aromatic heterocycles. The van der Waals surface area contributed by atoms with Crippen molar-refractivity contribution >= 4 is 17.4 Å². The van der Waals surface area contributed by atoms with Crippen LogP contribution in [0.15, 0.2) is 0 Å². The van der Waals surface area contributed by atoms with Crippen LogP contribution in [0.2, 0.25) is 0 Å². The van der Waals surface area contributed by atoms with Crippen LogP contribution in [0.3, 0.4) is 0 Å². The third-order valence-corrected chi connectivity index (χ3v) is 1.84. The Hall–Kier alpha value is -0.0800. The van der Waals surface area contributed by atoms with E-state index in [1.807, 2.05) is 13.8 Å². The van der Waals surface area contributed by atoms with E-state index in [2.05, 4.69) is 5.32 Å². The van der Waals surface area contributed by atoms with Gasteiger partial charge in [0.1, 0.15) is 0 Å². The Morgan fingerprint density at radius 3 is 2.64 bits per heavy atom. The first kappa shape index (κ1) is 10.9. The smallest absolute Gasteiger partial charge is 0.164 e. The molecule has 1 saturated heterocycles. The standard InChI is InChI=1S/C6H10ClNO.C2H6/c7-4-6(9)5-2-1-3-8-5;1-2/h5,8H,1-4H2;1-2H3. The first-order chi connectivity index (χ1) is 5.34. The lowest BCUT2D eigenvalue weighted by molar-refractivity contribution is -0.118. The minimum Gasteiger partial charge on any atom is -0.307 e. The first-order valence-corrected chi connectivity index (χ1v) is 4.70. The number of hydrogen-bond donors (Lipinski definition) is 1. The average molecular weight is 178 g/mol. The Morgan fingerprint density at radius 1 is 1.64 bits per heavy atom. The molecule has 1 aliphatic heterocycles. The fourth-order valence-corrected chi connectivity index (χ4v) is 1.24. The fourth-order valence-electron chi connectivity index (χ4n) is 1.05. The number of ketones is 1. The highest BCUT2D eigenvalue weighted by molar-refractivity contribution is 6.28. The van der Waals surface area contributed by atoms with Crippen LogP contribution in [-0.4, -0.2) is 24.2 Å². The molecule has 1 N–H and O–H groups in total. The molecule has 0 aromatic rings. The van der Waals surface area contributed by atoms with Crippen LogP contribution in [-0.2, 0) is 4.79 Å². The summed E-state index contributed by atoms with van der Waals surface area (Å²) in [4.78, 5) is 10.8. The van der Waals surface area contributed by atoms with Gasteiger partial charge in [-0.1, -0.05) is 13.8 Å². The molecule has 1 heterocycles. The molecule has 1 atom stereocenters. The Kier molecular flexibility index (Phi) is 6.57. The summed E-state index contributed by atoms with van der Waals surface area (Å²) in [6.45, 7) is 4.97. The van der Waals surface area contributed by atoms with Gasteiger partial charge in [0.25, 0.3) is 0 Å². The molecular formula is C8H16ClNO. The zero-order valence-corrected chi connectivity index (χ0v) is 7.95. The molecule has 0 saturated carbocycles. The number of hydrogen-bond acceptors (Lipinski definition) is 2. The largest absolute Gasteiger partial charge is 0.307 e. The van der Waals surface area contributed by atoms with E-state index in [-0.39, 0.29) is 17.7 Å². The maximum atomic E-state index is 10.8. The summed E-state index contributed by atoms with van der Waals surface area (Å²) in [6.07, 6.45) is 2.07. The summed E-state index contributed by atoms with van der Waals surface area (Å²) < 4.78 is 0. The molecule has 0 amide bonds. The Bertz CT molecular complexity index is 111. The van der Waals surface area contributed by atoms with E-state index in [1.54, 1.807) is 0 Å². The summed E-state index contributed by atoms with van der Waals surface area (Å²) in [5.74, 6) is 0.284. The molecule has 66 valence electrons. The molecule has 1 rings (SSSR count). The van der Waals surface area contributed by atoms with E-state index in [1.165, 1.54) is 0 Å². The second-order valence-electron chi connectivity index (χ2n) is 2.25. The SMILES string of the molecule is CC.O=C(CCl)C1CCCN1. The quantitative estimate of drug-likeness (QED) is 0.649. The van der Waals surface area contributed by atoms with Crippen molar-refractivity contribution in [2.24, 2.45) is 0 Å². The van der Waals surface area contributed by atoms with Gasteiger partial charge in [0, 0.05) is 0 Å². The van der Waals surface area contributed by atoms with Crippen molar-refractivity contribution in [2.75, 3.05) is 12.4 Å². The lowest BCUT2D eigenvalue weighted by Gasteiger charge is -2.03. The topological polar surface area (TPSA) is 29.1 Å². The second kappa shape index (κ2) is 6.62. The van der Waals surface area contributed by atoms with E-state index in [0.29, 0.717) is 0 Å². The molecule has 1 fully saturated rings. The summed E-state index contributed by atoms with van der Waals surface area (Å²) in [6, 6.07) is 0.0579. The molecule has 0 spiro atoms. The number of halogens is 1. The molecule has 11 heavy (non-hydrogen) atoms. The third-order valence-electron chi connectivity index (χ3n) is 1.58. The lowest BCUT2D eigenvalue weighted by Crippen LogP contribution is -2.31. The van der Waals surface area contributed by atoms with Crippen molar-refractivity contribution in [1.29, 1.82) is 0 Å². The average Bonchev–Trinajstić information content (AvgIpc) is 2.59. The van der Waals surface area contributed by atoms with Crippen molar-refractivity contribution < 1.29 is 4.79 Å². The van der Waals surface area contributed by atoms with E-state index in [9.17, 15) is 4.79 Å². The minimum absolute atomic E-state index is 0.0579. The molecule has 1 aliphatic rings. The summed E-state index contributed by atoms with van der Waals surface area (Å²) >= 11 is 5.34. The van der Waals surface area contributed by atoms with Gasteiger partial charge in [-0.15, -0.1) is 11.6 Å². The predicted molar refractivity (Wildman–Crippen MR) is 48.1 cm³/mol. The zero-order valence-electron chi connectivity index (χ0n) is 7.19. The number of rotatable bonds is 2. The maximum absolute atomic E-state index is 10.8. The molecule has 0 bridgehead atoms. The van der Waals surface area contributed by atoms with Crippen molar-refractivity contribution in [3.05, 3.63) is 0 Å². The van der Waals surface area contributed by atoms with Gasteiger partial charge in [-0.2, -0.15) is 0 Å². The fraction of sp³-hybridized carbons (Fsp3) is 0.875. The van der Waals surface area contributed by atoms with Gasteiger partial charge in [0.05, 0.1) is 11.9 Å². The normalized spacial score (nSPS) is 22.3. The van der Waals surface area contributed by atoms with Gasteiger partial charge < -0.3 is 5.32 Å². The molecule has 3 heteroatoms. The maximum Gasteiger partial charge on any atom is 0.164 e. The molecule has 1 unspecified atom stereocenters. The molecule has 0 aromatic carbocycles. The Morgan fingerprint density at radius 2 is 2.27 bits per heavy atom. The minimum atomic E-state index is 0.0579. The van der Waals surface area contributed by atoms with Crippen LogP contribution in [0.5, 0.6) is 0 Å². The predicted octanol–water partition coefficient (Wildman–Crippen LogP) is 1.57. The number of carbonyl (C=O) groups is 1. The van der Waals surface area contributed by atoms with Gasteiger partial charge >= 0.3 is 0 Å². The number of Topliss-reactive ketones (excluding diaryl/α,β-unsaturated/α-hetero) is 1. The van der Waals surface area contributed by atoms with Crippen LogP contribution in [0.1, 0.15) is 26.7 Å². The molecule has 0 aliphatic carbocycles. The van der Waals surface area contributed by atoms with Crippen molar-refractivity contribution in [3.63, 3.8) is 0 Å². The lowest BCUT2D eigenvalue weighted by atomic mass is 10.2. The van der Waals surface area contributed by atoms with Crippen molar-refractivity contribution in [3.8, 4) is 0 Å². The highest BCUT2D eigenvalue weighted by Gasteiger charge is 2.20. The summed E-state index contributed by atoms with van der Waals surface area (Å²) in [5.41, 5.74) is 0. The van der Waals surface area contributed by atoms with Crippen LogP contribution in [0.4, 0.5) is 0 Å². The van der Waals surface area contributed by atoms with E-state index in [0.717, 1.165) is 19.4 Å². The highest BCUT2D eigenvalue weighted by Crippen LogP contribution is 2.05. The summed E-state index contributed by atoms with van der Waals surface area (Å²) in [5, 5.41) is 3.07. The molecule has 0 radical (unpaired) electrons. The second-order valence-corrected chi connectivity index (χ2v) is 2.52. The monoisotopic (exact) mass is 177 g/mol. The van der Waals surface area contributed by atoms with Gasteiger partial charge in [0.2, 0.25) is 0 Å². The number of alkyl halides is 1. The van der Waals surface area contributed by atoms with Crippen LogP contribution in [0.25, 0.3) is 0 Å². The number of carbonyl (C=O) groups excluding carboxylic acids is 1. The van der Waals surface area contributed by atoms with Gasteiger partial charge in [-0.3, -0.25) is 4.79 Å². The third kappa shape index (κ3) is 3.73. The van der Waals surface area contributed by atoms with Crippen molar-refractivity contribution in [1.82, 2.24) is 5.32 Å². The van der Waals surface area contributed by atoms with Gasteiger partial charge in [0.15, 0.2) is 5.78 Å². The number of nitrogens with one attached hydrogen (secondary N) is 1. The van der Waals surface area contributed by atoms with Gasteiger partial charge in [-0.25, -0.2) is 0 Å². The van der Waals surface area contributed by atoms with E-state index < -0.39 is 0 Å². The molecule has 2 nitrogen and oxygen atoms in total. The summed E-state index contributed by atoms with van der Waals surface area (Å²) in [7, 11) is 0. The Balaban J connectivity index is 0.000000461. The van der Waals surface area contributed by atoms with Gasteiger partial charge in [-0.05, 0) is 19.4 Å². The van der Waals surface area contributed by atoms with E-state index in [4.69, 9.17) is 11.6 Å². The van der Waals surface area contributed by atoms with Crippen molar-refractivity contribution in [2.45, 2.75) is 32.7 Å². The Labute approximate surface area is 73.3 Å². The zero-order chi connectivity index (χ0) is 8.69. The first-order valence-electron chi connectivity index (χ1n) is 4.16. The van der Waals surface area contributed by atoms with E-state index >= 15 is 0 Å². The highest BCUT2D eigenvalue weighted by atomic mass is 35.5.